The number of benzene rings is 2. The Morgan fingerprint density at radius 2 is 1.73 bits per heavy atom. The summed E-state index contributed by atoms with van der Waals surface area (Å²) >= 11 is 3.53. The first-order chi connectivity index (χ1) is 15.7. The lowest BCUT2D eigenvalue weighted by molar-refractivity contribution is -0.142. The summed E-state index contributed by atoms with van der Waals surface area (Å²) in [7, 11) is 0. The third-order valence-corrected chi connectivity index (χ3v) is 7.41. The van der Waals surface area contributed by atoms with E-state index in [1.54, 1.807) is 19.1 Å². The third-order valence-electron chi connectivity index (χ3n) is 6.16. The van der Waals surface area contributed by atoms with Crippen LogP contribution in [0, 0.1) is 19.7 Å². The van der Waals surface area contributed by atoms with Gasteiger partial charge in [-0.2, -0.15) is 0 Å². The number of nitrogens with zero attached hydrogens (tertiary/aromatic N) is 1. The minimum atomic E-state index is -0.679. The fourth-order valence-electron chi connectivity index (χ4n) is 4.16. The molecule has 0 saturated heterocycles. The summed E-state index contributed by atoms with van der Waals surface area (Å²) in [6, 6.07) is 9.18. The molecule has 0 bridgehead atoms. The fourth-order valence-corrected chi connectivity index (χ4v) is 4.38. The number of nitrogens with one attached hydrogen (secondary N) is 1. The third kappa shape index (κ3) is 7.03. The summed E-state index contributed by atoms with van der Waals surface area (Å²) < 4.78 is 20.2. The van der Waals surface area contributed by atoms with Gasteiger partial charge in [0.1, 0.15) is 17.6 Å². The second-order valence-electron chi connectivity index (χ2n) is 8.83. The zero-order chi connectivity index (χ0) is 24.0. The highest BCUT2D eigenvalue weighted by molar-refractivity contribution is 9.10. The number of hydrogen-bond donors (Lipinski definition) is 1. The molecule has 3 rings (SSSR count). The molecule has 1 fully saturated rings. The molecule has 1 saturated carbocycles. The minimum absolute atomic E-state index is 0.154. The summed E-state index contributed by atoms with van der Waals surface area (Å²) in [4.78, 5) is 27.7. The zero-order valence-electron chi connectivity index (χ0n) is 19.5. The van der Waals surface area contributed by atoms with Crippen molar-refractivity contribution >= 4 is 27.7 Å². The van der Waals surface area contributed by atoms with Crippen molar-refractivity contribution in [3.8, 4) is 5.75 Å². The molecule has 0 spiro atoms. The van der Waals surface area contributed by atoms with Crippen LogP contribution in [0.1, 0.15) is 55.7 Å². The van der Waals surface area contributed by atoms with E-state index in [-0.39, 0.29) is 36.8 Å². The predicted octanol–water partition coefficient (Wildman–Crippen LogP) is 5.45. The van der Waals surface area contributed by atoms with Gasteiger partial charge in [-0.3, -0.25) is 9.59 Å². The first-order valence-electron chi connectivity index (χ1n) is 11.5. The Morgan fingerprint density at radius 3 is 2.33 bits per heavy atom. The number of aryl methyl sites for hydroxylation is 2. The quantitative estimate of drug-likeness (QED) is 0.505. The molecule has 1 aliphatic carbocycles. The molecule has 0 aromatic heterocycles. The molecule has 1 atom stereocenters. The molecule has 1 unspecified atom stereocenters. The van der Waals surface area contributed by atoms with E-state index in [9.17, 15) is 14.0 Å². The Bertz CT molecular complexity index is 951. The smallest absolute Gasteiger partial charge is 0.261 e. The van der Waals surface area contributed by atoms with E-state index in [1.165, 1.54) is 23.5 Å². The van der Waals surface area contributed by atoms with Crippen LogP contribution in [0.15, 0.2) is 40.9 Å². The predicted molar refractivity (Wildman–Crippen MR) is 131 cm³/mol. The maximum Gasteiger partial charge on any atom is 0.261 e. The normalized spacial score (nSPS) is 15.1. The van der Waals surface area contributed by atoms with Gasteiger partial charge >= 0.3 is 0 Å². The molecular weight excluding hydrogens is 487 g/mol. The van der Waals surface area contributed by atoms with Crippen molar-refractivity contribution in [1.29, 1.82) is 0 Å². The summed E-state index contributed by atoms with van der Waals surface area (Å²) in [5.74, 6) is -0.219. The van der Waals surface area contributed by atoms with Gasteiger partial charge in [-0.15, -0.1) is 0 Å². The fraction of sp³-hybridized carbons (Fsp3) is 0.462. The standard InChI is InChI=1S/C26H32BrFN2O3/c1-17-13-23(14-18(2)25(17)27)33-16-24(31)30(15-20-9-11-21(28)12-10-20)19(3)26(32)29-22-7-5-4-6-8-22/h9-14,19,22H,4-8,15-16H2,1-3H3,(H,29,32). The molecule has 5 nitrogen and oxygen atoms in total. The highest BCUT2D eigenvalue weighted by Crippen LogP contribution is 2.26. The molecule has 7 heteroatoms. The highest BCUT2D eigenvalue weighted by atomic mass is 79.9. The van der Waals surface area contributed by atoms with E-state index in [0.717, 1.165) is 46.8 Å². The van der Waals surface area contributed by atoms with E-state index in [4.69, 9.17) is 4.74 Å². The first kappa shape index (κ1) is 25.2. The minimum Gasteiger partial charge on any atom is -0.484 e. The van der Waals surface area contributed by atoms with E-state index >= 15 is 0 Å². The molecule has 2 aromatic rings. The van der Waals surface area contributed by atoms with Crippen LogP contribution >= 0.6 is 15.9 Å². The second-order valence-corrected chi connectivity index (χ2v) is 9.62. The van der Waals surface area contributed by atoms with Crippen LogP contribution in [-0.2, 0) is 16.1 Å². The number of rotatable bonds is 8. The van der Waals surface area contributed by atoms with E-state index in [1.807, 2.05) is 26.0 Å². The monoisotopic (exact) mass is 518 g/mol. The van der Waals surface area contributed by atoms with Gasteiger partial charge in [0, 0.05) is 17.1 Å². The molecule has 0 aliphatic heterocycles. The molecular formula is C26H32BrFN2O3. The molecule has 33 heavy (non-hydrogen) atoms. The van der Waals surface area contributed by atoms with Crippen LogP contribution in [-0.4, -0.2) is 35.4 Å². The van der Waals surface area contributed by atoms with Crippen LogP contribution in [0.3, 0.4) is 0 Å². The number of halogens is 2. The van der Waals surface area contributed by atoms with Crippen LogP contribution in [0.2, 0.25) is 0 Å². The van der Waals surface area contributed by atoms with Crippen LogP contribution in [0.5, 0.6) is 5.75 Å². The molecule has 1 N–H and O–H groups in total. The first-order valence-corrected chi connectivity index (χ1v) is 12.3. The Hall–Kier alpha value is -2.41. The van der Waals surface area contributed by atoms with Gasteiger partial charge < -0.3 is 15.0 Å². The maximum atomic E-state index is 13.4. The average Bonchev–Trinajstić information content (AvgIpc) is 2.80. The number of hydrogen-bond acceptors (Lipinski definition) is 3. The summed E-state index contributed by atoms with van der Waals surface area (Å²) in [6.45, 7) is 5.66. The van der Waals surface area contributed by atoms with Crippen molar-refractivity contribution in [2.75, 3.05) is 6.61 Å². The molecule has 2 aromatic carbocycles. The van der Waals surface area contributed by atoms with Gasteiger partial charge in [-0.05, 0) is 74.6 Å². The second kappa shape index (κ2) is 11.6. The lowest BCUT2D eigenvalue weighted by atomic mass is 9.95. The van der Waals surface area contributed by atoms with E-state index < -0.39 is 6.04 Å². The molecule has 2 amide bonds. The Morgan fingerprint density at radius 1 is 1.12 bits per heavy atom. The van der Waals surface area contributed by atoms with Gasteiger partial charge in [0.15, 0.2) is 6.61 Å². The lowest BCUT2D eigenvalue weighted by Crippen LogP contribution is -2.51. The lowest BCUT2D eigenvalue weighted by Gasteiger charge is -2.31. The van der Waals surface area contributed by atoms with Crippen LogP contribution in [0.25, 0.3) is 0 Å². The van der Waals surface area contributed by atoms with Crippen LogP contribution < -0.4 is 10.1 Å². The number of ether oxygens (including phenoxy) is 1. The SMILES string of the molecule is Cc1cc(OCC(=O)N(Cc2ccc(F)cc2)C(C)C(=O)NC2CCCCC2)cc(C)c1Br. The largest absolute Gasteiger partial charge is 0.484 e. The van der Waals surface area contributed by atoms with Crippen molar-refractivity contribution in [2.45, 2.75) is 71.5 Å². The summed E-state index contributed by atoms with van der Waals surface area (Å²) in [5, 5.41) is 3.10. The zero-order valence-corrected chi connectivity index (χ0v) is 21.1. The molecule has 1 aliphatic rings. The van der Waals surface area contributed by atoms with Crippen molar-refractivity contribution < 1.29 is 18.7 Å². The van der Waals surface area contributed by atoms with Crippen molar-refractivity contribution in [3.63, 3.8) is 0 Å². The Labute approximate surface area is 203 Å². The van der Waals surface area contributed by atoms with Gasteiger partial charge in [0.05, 0.1) is 0 Å². The highest BCUT2D eigenvalue weighted by Gasteiger charge is 2.28. The summed E-state index contributed by atoms with van der Waals surface area (Å²) in [6.07, 6.45) is 5.35. The van der Waals surface area contributed by atoms with Crippen molar-refractivity contribution in [3.05, 3.63) is 63.4 Å². The van der Waals surface area contributed by atoms with Gasteiger partial charge in [-0.1, -0.05) is 47.3 Å². The van der Waals surface area contributed by atoms with E-state index in [0.29, 0.717) is 5.75 Å². The Balaban J connectivity index is 1.72. The maximum absolute atomic E-state index is 13.4. The molecule has 0 radical (unpaired) electrons. The number of carbonyl (C=O) groups excluding carboxylic acids is 2. The topological polar surface area (TPSA) is 58.6 Å². The summed E-state index contributed by atoms with van der Waals surface area (Å²) in [5.41, 5.74) is 2.78. The average molecular weight is 519 g/mol. The molecule has 178 valence electrons. The molecule has 0 heterocycles. The Kier molecular flexibility index (Phi) is 8.89. The number of amides is 2. The van der Waals surface area contributed by atoms with Crippen LogP contribution in [0.4, 0.5) is 4.39 Å². The van der Waals surface area contributed by atoms with Gasteiger partial charge in [0.2, 0.25) is 5.91 Å². The van der Waals surface area contributed by atoms with Crippen molar-refractivity contribution in [1.82, 2.24) is 10.2 Å². The van der Waals surface area contributed by atoms with Gasteiger partial charge in [0.25, 0.3) is 5.91 Å². The van der Waals surface area contributed by atoms with E-state index in [2.05, 4.69) is 21.2 Å². The number of carbonyl (C=O) groups is 2. The van der Waals surface area contributed by atoms with Gasteiger partial charge in [-0.25, -0.2) is 4.39 Å². The van der Waals surface area contributed by atoms with Crippen molar-refractivity contribution in [2.24, 2.45) is 0 Å².